The molecule has 104 valence electrons. The Hall–Kier alpha value is -1.80. The molecule has 0 unspecified atom stereocenters. The summed E-state index contributed by atoms with van der Waals surface area (Å²) in [7, 11) is -3.53. The van der Waals surface area contributed by atoms with Gasteiger partial charge in [0.25, 0.3) is 10.2 Å². The van der Waals surface area contributed by atoms with Crippen molar-refractivity contribution >= 4 is 27.7 Å². The van der Waals surface area contributed by atoms with E-state index in [9.17, 15) is 13.2 Å². The first-order valence-corrected chi connectivity index (χ1v) is 7.32. The van der Waals surface area contributed by atoms with Gasteiger partial charge in [-0.2, -0.15) is 13.1 Å². The van der Waals surface area contributed by atoms with Crippen molar-refractivity contribution in [2.24, 2.45) is 0 Å². The molecule has 0 bridgehead atoms. The molecule has 1 aromatic carbocycles. The minimum absolute atomic E-state index is 0.313. The monoisotopic (exact) mass is 285 g/mol. The molecule has 19 heavy (non-hydrogen) atoms. The molecule has 0 atom stereocenters. The van der Waals surface area contributed by atoms with E-state index in [2.05, 4.69) is 9.44 Å². The van der Waals surface area contributed by atoms with Crippen LogP contribution in [0, 0.1) is 0 Å². The number of hydrogen-bond acceptors (Lipinski definition) is 4. The van der Waals surface area contributed by atoms with Crippen LogP contribution in [0.3, 0.4) is 0 Å². The van der Waals surface area contributed by atoms with Gasteiger partial charge < -0.3 is 4.74 Å². The summed E-state index contributed by atoms with van der Waals surface area (Å²) in [4.78, 5) is 12.8. The molecule has 1 aliphatic heterocycles. The van der Waals surface area contributed by atoms with E-state index in [1.54, 1.807) is 31.2 Å². The van der Waals surface area contributed by atoms with Crippen molar-refractivity contribution in [1.29, 1.82) is 0 Å². The Bertz CT molecular complexity index is 556. The molecule has 1 saturated heterocycles. The molecule has 0 aromatic heterocycles. The van der Waals surface area contributed by atoms with Crippen molar-refractivity contribution in [3.63, 3.8) is 0 Å². The number of nitrogens with zero attached hydrogens (tertiary/aromatic N) is 1. The van der Waals surface area contributed by atoms with Crippen LogP contribution in [0.4, 0.5) is 16.2 Å². The molecule has 1 amide bonds. The third-order valence-corrected chi connectivity index (χ3v) is 3.70. The summed E-state index contributed by atoms with van der Waals surface area (Å²) < 4.78 is 32.5. The second-order valence-electron chi connectivity index (χ2n) is 3.92. The summed E-state index contributed by atoms with van der Waals surface area (Å²) in [5, 5.41) is 0. The first-order valence-electron chi connectivity index (χ1n) is 5.83. The lowest BCUT2D eigenvalue weighted by Gasteiger charge is -2.13. The fourth-order valence-electron chi connectivity index (χ4n) is 1.72. The number of carbonyl (C=O) groups is 1. The van der Waals surface area contributed by atoms with Gasteiger partial charge in [0.2, 0.25) is 0 Å². The van der Waals surface area contributed by atoms with E-state index in [1.165, 1.54) is 4.90 Å². The number of carbonyl (C=O) groups excluding carboxylic acids is 1. The molecule has 1 aromatic rings. The van der Waals surface area contributed by atoms with Crippen LogP contribution >= 0.6 is 0 Å². The number of anilines is 2. The number of hydrogen-bond donors (Lipinski definition) is 2. The maximum absolute atomic E-state index is 11.5. The second kappa shape index (κ2) is 5.45. The van der Waals surface area contributed by atoms with Crippen molar-refractivity contribution in [3.05, 3.63) is 24.3 Å². The molecule has 7 nitrogen and oxygen atoms in total. The van der Waals surface area contributed by atoms with Crippen LogP contribution < -0.4 is 14.3 Å². The molecule has 0 radical (unpaired) electrons. The second-order valence-corrected chi connectivity index (χ2v) is 5.42. The highest BCUT2D eigenvalue weighted by atomic mass is 32.2. The average Bonchev–Trinajstić information content (AvgIpc) is 2.76. The molecule has 0 saturated carbocycles. The lowest BCUT2D eigenvalue weighted by Crippen LogP contribution is -2.29. The van der Waals surface area contributed by atoms with Crippen molar-refractivity contribution in [1.82, 2.24) is 4.72 Å². The smallest absolute Gasteiger partial charge is 0.414 e. The number of nitrogens with one attached hydrogen (secondary N) is 2. The van der Waals surface area contributed by atoms with E-state index in [0.717, 1.165) is 0 Å². The van der Waals surface area contributed by atoms with Crippen LogP contribution in [0.2, 0.25) is 0 Å². The zero-order valence-electron chi connectivity index (χ0n) is 10.4. The van der Waals surface area contributed by atoms with Crippen molar-refractivity contribution < 1.29 is 17.9 Å². The van der Waals surface area contributed by atoms with Gasteiger partial charge in [-0.3, -0.25) is 9.62 Å². The van der Waals surface area contributed by atoms with Crippen LogP contribution in [0.1, 0.15) is 6.92 Å². The summed E-state index contributed by atoms with van der Waals surface area (Å²) >= 11 is 0. The topological polar surface area (TPSA) is 87.7 Å². The highest BCUT2D eigenvalue weighted by Crippen LogP contribution is 2.21. The SMILES string of the molecule is CCNS(=O)(=O)Nc1ccc(N2CCOC2=O)cc1. The Morgan fingerprint density at radius 1 is 1.32 bits per heavy atom. The Balaban J connectivity index is 2.08. The van der Waals surface area contributed by atoms with E-state index in [-0.39, 0.29) is 6.09 Å². The van der Waals surface area contributed by atoms with Gasteiger partial charge in [0.15, 0.2) is 0 Å². The lowest BCUT2D eigenvalue weighted by atomic mass is 10.2. The van der Waals surface area contributed by atoms with Gasteiger partial charge in [-0.05, 0) is 24.3 Å². The predicted molar refractivity (Wildman–Crippen MR) is 71.4 cm³/mol. The maximum atomic E-state index is 11.5. The quantitative estimate of drug-likeness (QED) is 0.841. The Labute approximate surface area is 111 Å². The van der Waals surface area contributed by atoms with Crippen molar-refractivity contribution in [3.8, 4) is 0 Å². The van der Waals surface area contributed by atoms with Gasteiger partial charge in [0, 0.05) is 17.9 Å². The average molecular weight is 285 g/mol. The molecule has 2 rings (SSSR count). The highest BCUT2D eigenvalue weighted by Gasteiger charge is 2.23. The first kappa shape index (κ1) is 13.6. The summed E-state index contributed by atoms with van der Waals surface area (Å²) in [6.45, 7) is 2.88. The van der Waals surface area contributed by atoms with Gasteiger partial charge in [-0.1, -0.05) is 6.92 Å². The minimum atomic E-state index is -3.53. The summed E-state index contributed by atoms with van der Waals surface area (Å²) in [6.07, 6.45) is -0.388. The molecular weight excluding hydrogens is 270 g/mol. The van der Waals surface area contributed by atoms with Gasteiger partial charge in [0.05, 0.1) is 6.54 Å². The summed E-state index contributed by atoms with van der Waals surface area (Å²) in [5.41, 5.74) is 1.10. The zero-order chi connectivity index (χ0) is 13.9. The highest BCUT2D eigenvalue weighted by molar-refractivity contribution is 7.90. The molecule has 8 heteroatoms. The maximum Gasteiger partial charge on any atom is 0.414 e. The molecule has 0 spiro atoms. The number of ether oxygens (including phenoxy) is 1. The molecule has 0 aliphatic carbocycles. The Morgan fingerprint density at radius 2 is 2.00 bits per heavy atom. The summed E-state index contributed by atoms with van der Waals surface area (Å²) in [5.74, 6) is 0. The number of cyclic esters (lactones) is 1. The van der Waals surface area contributed by atoms with Crippen LogP contribution in [-0.2, 0) is 14.9 Å². The lowest BCUT2D eigenvalue weighted by molar-refractivity contribution is 0.181. The predicted octanol–water partition coefficient (Wildman–Crippen LogP) is 0.909. The molecule has 2 N–H and O–H groups in total. The van der Waals surface area contributed by atoms with Crippen molar-refractivity contribution in [2.45, 2.75) is 6.92 Å². The van der Waals surface area contributed by atoms with Crippen LogP contribution in [0.5, 0.6) is 0 Å². The van der Waals surface area contributed by atoms with Crippen LogP contribution in [-0.4, -0.2) is 34.2 Å². The summed E-state index contributed by atoms with van der Waals surface area (Å²) in [6, 6.07) is 6.51. The van der Waals surface area contributed by atoms with Gasteiger partial charge in [-0.25, -0.2) is 4.79 Å². The fraction of sp³-hybridized carbons (Fsp3) is 0.364. The van der Waals surface area contributed by atoms with E-state index in [0.29, 0.717) is 31.1 Å². The van der Waals surface area contributed by atoms with E-state index < -0.39 is 10.2 Å². The van der Waals surface area contributed by atoms with Crippen LogP contribution in [0.15, 0.2) is 24.3 Å². The third-order valence-electron chi connectivity index (χ3n) is 2.53. The molecule has 1 heterocycles. The standard InChI is InChI=1S/C11H15N3O4S/c1-2-12-19(16,17)13-9-3-5-10(6-4-9)14-7-8-18-11(14)15/h3-6,12-13H,2,7-8H2,1H3. The third kappa shape index (κ3) is 3.36. The number of amides is 1. The molecule has 1 fully saturated rings. The number of benzene rings is 1. The fourth-order valence-corrected chi connectivity index (χ4v) is 2.62. The Morgan fingerprint density at radius 3 is 2.53 bits per heavy atom. The van der Waals surface area contributed by atoms with E-state index in [1.807, 2.05) is 0 Å². The van der Waals surface area contributed by atoms with Gasteiger partial charge in [0.1, 0.15) is 6.61 Å². The zero-order valence-corrected chi connectivity index (χ0v) is 11.2. The largest absolute Gasteiger partial charge is 0.447 e. The van der Waals surface area contributed by atoms with E-state index >= 15 is 0 Å². The molecule has 1 aliphatic rings. The normalized spacial score (nSPS) is 15.4. The van der Waals surface area contributed by atoms with E-state index in [4.69, 9.17) is 4.74 Å². The minimum Gasteiger partial charge on any atom is -0.447 e. The molecular formula is C11H15N3O4S. The van der Waals surface area contributed by atoms with Gasteiger partial charge >= 0.3 is 6.09 Å². The van der Waals surface area contributed by atoms with Crippen LogP contribution in [0.25, 0.3) is 0 Å². The van der Waals surface area contributed by atoms with Gasteiger partial charge in [-0.15, -0.1) is 0 Å². The van der Waals surface area contributed by atoms with Crippen molar-refractivity contribution in [2.75, 3.05) is 29.3 Å². The number of rotatable bonds is 5. The first-order chi connectivity index (χ1) is 9.02. The Kier molecular flexibility index (Phi) is 3.91.